The van der Waals surface area contributed by atoms with Crippen LogP contribution >= 0.6 is 0 Å². The summed E-state index contributed by atoms with van der Waals surface area (Å²) in [6, 6.07) is 6.78. The lowest BCUT2D eigenvalue weighted by Gasteiger charge is -2.13. The first-order chi connectivity index (χ1) is 16.2. The first-order valence-electron chi connectivity index (χ1n) is 9.91. The molecule has 2 aromatic heterocycles. The molecule has 0 fully saturated rings. The number of H-pyrrole nitrogens is 1. The van der Waals surface area contributed by atoms with Gasteiger partial charge in [0, 0.05) is 24.5 Å². The summed E-state index contributed by atoms with van der Waals surface area (Å²) in [5.74, 6) is -3.99. The van der Waals surface area contributed by atoms with Gasteiger partial charge in [0.05, 0.1) is 11.3 Å². The molecule has 34 heavy (non-hydrogen) atoms. The molecule has 0 bridgehead atoms. The summed E-state index contributed by atoms with van der Waals surface area (Å²) in [5.41, 5.74) is -0.534. The monoisotopic (exact) mass is 491 g/mol. The predicted molar refractivity (Wildman–Crippen MR) is 119 cm³/mol. The number of hydrogen-bond acceptors (Lipinski definition) is 5. The van der Waals surface area contributed by atoms with Crippen LogP contribution in [0, 0.1) is 23.3 Å². The number of sulfonamides is 1. The van der Waals surface area contributed by atoms with E-state index >= 15 is 4.39 Å². The number of aromatic amines is 1. The number of aromatic nitrogens is 3. The van der Waals surface area contributed by atoms with E-state index in [9.17, 15) is 21.6 Å². The first-order valence-corrected chi connectivity index (χ1v) is 11.4. The number of nitrogens with zero attached hydrogens (tertiary/aromatic N) is 2. The van der Waals surface area contributed by atoms with Crippen molar-refractivity contribution in [1.29, 1.82) is 0 Å². The second-order valence-electron chi connectivity index (χ2n) is 7.07. The summed E-state index contributed by atoms with van der Waals surface area (Å²) in [6.45, 7) is 2.48. The Morgan fingerprint density at radius 3 is 2.53 bits per heavy atom. The van der Waals surface area contributed by atoms with E-state index in [1.165, 1.54) is 12.4 Å². The summed E-state index contributed by atoms with van der Waals surface area (Å²) in [5, 5.41) is 9.53. The Labute approximate surface area is 191 Å². The summed E-state index contributed by atoms with van der Waals surface area (Å²) in [4.78, 5) is 3.13. The van der Waals surface area contributed by atoms with Crippen LogP contribution < -0.4 is 10.0 Å². The third kappa shape index (κ3) is 4.44. The largest absolute Gasteiger partial charge is 0.370 e. The smallest absolute Gasteiger partial charge is 0.265 e. The zero-order valence-corrected chi connectivity index (χ0v) is 18.4. The fourth-order valence-electron chi connectivity index (χ4n) is 3.31. The Morgan fingerprint density at radius 2 is 1.76 bits per heavy atom. The minimum absolute atomic E-state index is 0.123. The minimum atomic E-state index is -4.73. The molecule has 3 N–H and O–H groups in total. The molecule has 0 saturated carbocycles. The number of halogens is 4. The highest BCUT2D eigenvalue weighted by Gasteiger charge is 2.26. The van der Waals surface area contributed by atoms with Crippen molar-refractivity contribution in [3.63, 3.8) is 0 Å². The van der Waals surface area contributed by atoms with Crippen LogP contribution in [-0.2, 0) is 10.0 Å². The Balaban J connectivity index is 1.78. The number of benzene rings is 2. The SMILES string of the molecule is CCNc1cc(-c2c[nH]nc2-c2c(F)ccc(NS(=O)(=O)c3cc(F)ccc3F)c2F)ccn1. The van der Waals surface area contributed by atoms with E-state index in [-0.39, 0.29) is 5.69 Å². The zero-order chi connectivity index (χ0) is 24.5. The van der Waals surface area contributed by atoms with Crippen LogP contribution in [0.4, 0.5) is 29.1 Å². The number of pyridine rings is 1. The molecular formula is C22H17F4N5O2S. The van der Waals surface area contributed by atoms with Gasteiger partial charge in [-0.05, 0) is 55.0 Å². The van der Waals surface area contributed by atoms with E-state index in [1.54, 1.807) is 12.1 Å². The minimum Gasteiger partial charge on any atom is -0.370 e. The van der Waals surface area contributed by atoms with Gasteiger partial charge in [0.2, 0.25) is 0 Å². The third-order valence-electron chi connectivity index (χ3n) is 4.82. The molecule has 0 atom stereocenters. The van der Waals surface area contributed by atoms with E-state index in [1.807, 2.05) is 11.6 Å². The van der Waals surface area contributed by atoms with Crippen molar-refractivity contribution in [3.8, 4) is 22.4 Å². The van der Waals surface area contributed by atoms with Gasteiger partial charge in [-0.25, -0.2) is 31.0 Å². The molecular weight excluding hydrogens is 474 g/mol. The summed E-state index contributed by atoms with van der Waals surface area (Å²) >= 11 is 0. The van der Waals surface area contributed by atoms with Crippen molar-refractivity contribution >= 4 is 21.5 Å². The Morgan fingerprint density at radius 1 is 1.00 bits per heavy atom. The molecule has 7 nitrogen and oxygen atoms in total. The molecule has 0 aliphatic carbocycles. The molecule has 176 valence electrons. The van der Waals surface area contributed by atoms with Crippen LogP contribution in [0.1, 0.15) is 6.92 Å². The molecule has 4 rings (SSSR count). The summed E-state index contributed by atoms with van der Waals surface area (Å²) in [7, 11) is -4.73. The Kier molecular flexibility index (Phi) is 6.24. The quantitative estimate of drug-likeness (QED) is 0.319. The van der Waals surface area contributed by atoms with Gasteiger partial charge in [0.1, 0.15) is 33.9 Å². The van der Waals surface area contributed by atoms with E-state index in [0.717, 1.165) is 18.2 Å². The molecule has 0 aliphatic rings. The van der Waals surface area contributed by atoms with Crippen molar-refractivity contribution in [2.75, 3.05) is 16.6 Å². The van der Waals surface area contributed by atoms with Crippen LogP contribution in [0.2, 0.25) is 0 Å². The van der Waals surface area contributed by atoms with E-state index in [2.05, 4.69) is 20.5 Å². The van der Waals surface area contributed by atoms with Crippen LogP contribution in [0.15, 0.2) is 59.8 Å². The molecule has 4 aromatic rings. The van der Waals surface area contributed by atoms with Gasteiger partial charge in [0.15, 0.2) is 5.82 Å². The molecule has 0 unspecified atom stereocenters. The van der Waals surface area contributed by atoms with Crippen molar-refractivity contribution in [2.24, 2.45) is 0 Å². The van der Waals surface area contributed by atoms with Gasteiger partial charge in [-0.2, -0.15) is 5.10 Å². The number of nitrogens with one attached hydrogen (secondary N) is 3. The molecule has 0 aliphatic heterocycles. The van der Waals surface area contributed by atoms with Gasteiger partial charge >= 0.3 is 0 Å². The second-order valence-corrected chi connectivity index (χ2v) is 8.72. The lowest BCUT2D eigenvalue weighted by Crippen LogP contribution is -2.16. The number of hydrogen-bond donors (Lipinski definition) is 3. The van der Waals surface area contributed by atoms with Gasteiger partial charge in [-0.3, -0.25) is 9.82 Å². The van der Waals surface area contributed by atoms with Crippen molar-refractivity contribution < 1.29 is 26.0 Å². The van der Waals surface area contributed by atoms with Crippen LogP contribution in [0.5, 0.6) is 0 Å². The number of anilines is 2. The van der Waals surface area contributed by atoms with Crippen LogP contribution in [0.25, 0.3) is 22.4 Å². The maximum atomic E-state index is 15.4. The Hall–Kier alpha value is -3.93. The molecule has 0 radical (unpaired) electrons. The molecule has 0 amide bonds. The average molecular weight is 491 g/mol. The standard InChI is InChI=1S/C22H17F4N5O2S/c1-2-27-19-9-12(7-8-28-19)14-11-29-30-22(14)20-16(25)5-6-17(21(20)26)31-34(32,33)18-10-13(23)3-4-15(18)24/h3-11,31H,2H2,1H3,(H,27,28)(H,29,30). The highest BCUT2D eigenvalue weighted by Crippen LogP contribution is 2.37. The van der Waals surface area contributed by atoms with Gasteiger partial charge in [-0.15, -0.1) is 0 Å². The maximum Gasteiger partial charge on any atom is 0.265 e. The van der Waals surface area contributed by atoms with E-state index in [4.69, 9.17) is 0 Å². The fraction of sp³-hybridized carbons (Fsp3) is 0.0909. The summed E-state index contributed by atoms with van der Waals surface area (Å²) in [6.07, 6.45) is 2.94. The van der Waals surface area contributed by atoms with E-state index < -0.39 is 49.4 Å². The second kappa shape index (κ2) is 9.14. The molecule has 12 heteroatoms. The van der Waals surface area contributed by atoms with Crippen molar-refractivity contribution in [2.45, 2.75) is 11.8 Å². The molecule has 2 heterocycles. The highest BCUT2D eigenvalue weighted by atomic mass is 32.2. The normalized spacial score (nSPS) is 11.4. The third-order valence-corrected chi connectivity index (χ3v) is 6.20. The average Bonchev–Trinajstić information content (AvgIpc) is 3.27. The molecule has 2 aromatic carbocycles. The van der Waals surface area contributed by atoms with E-state index in [0.29, 0.717) is 35.6 Å². The van der Waals surface area contributed by atoms with Gasteiger partial charge < -0.3 is 5.32 Å². The zero-order valence-electron chi connectivity index (χ0n) is 17.5. The summed E-state index contributed by atoms with van der Waals surface area (Å²) < 4.78 is 84.7. The number of rotatable bonds is 7. The predicted octanol–water partition coefficient (Wildman–Crippen LogP) is 4.93. The van der Waals surface area contributed by atoms with Gasteiger partial charge in [-0.1, -0.05) is 0 Å². The molecule has 0 spiro atoms. The lowest BCUT2D eigenvalue weighted by molar-refractivity contribution is 0.554. The first kappa shape index (κ1) is 23.2. The van der Waals surface area contributed by atoms with Crippen molar-refractivity contribution in [1.82, 2.24) is 15.2 Å². The molecule has 0 saturated heterocycles. The highest BCUT2D eigenvalue weighted by molar-refractivity contribution is 7.92. The Bertz CT molecular complexity index is 1470. The fourth-order valence-corrected chi connectivity index (χ4v) is 4.46. The van der Waals surface area contributed by atoms with Crippen molar-refractivity contribution in [3.05, 3.63) is 78.1 Å². The maximum absolute atomic E-state index is 15.4. The topological polar surface area (TPSA) is 99.8 Å². The van der Waals surface area contributed by atoms with Gasteiger partial charge in [0.25, 0.3) is 10.0 Å². The lowest BCUT2D eigenvalue weighted by atomic mass is 10.0. The van der Waals surface area contributed by atoms with Crippen LogP contribution in [0.3, 0.4) is 0 Å². The van der Waals surface area contributed by atoms with Crippen LogP contribution in [-0.4, -0.2) is 30.1 Å².